The fraction of sp³-hybridized carbons (Fsp3) is 0.0588. The standard InChI is InChI=1S/C17H11ClF2N2O2/c18-12-5-3-7-14(20)11(12)8-15-16(23)22(17(24)21-15)9-10-4-1-2-6-13(10)19/h1-8H,9H2,(H,21,24)/b15-8+. The highest BCUT2D eigenvalue weighted by atomic mass is 35.5. The molecule has 0 radical (unpaired) electrons. The summed E-state index contributed by atoms with van der Waals surface area (Å²) in [4.78, 5) is 25.2. The molecule has 122 valence electrons. The number of benzene rings is 2. The molecule has 1 fully saturated rings. The SMILES string of the molecule is O=C1N/C(=C/c2c(F)cccc2Cl)C(=O)N1Cc1ccccc1F. The molecule has 0 aliphatic carbocycles. The maximum Gasteiger partial charge on any atom is 0.329 e. The van der Waals surface area contributed by atoms with Crippen molar-refractivity contribution in [2.24, 2.45) is 0 Å². The van der Waals surface area contributed by atoms with Crippen LogP contribution in [0.5, 0.6) is 0 Å². The Labute approximate surface area is 141 Å². The Bertz CT molecular complexity index is 847. The Balaban J connectivity index is 1.89. The summed E-state index contributed by atoms with van der Waals surface area (Å²) in [5.74, 6) is -1.82. The average molecular weight is 349 g/mol. The lowest BCUT2D eigenvalue weighted by atomic mass is 10.1. The maximum absolute atomic E-state index is 13.8. The molecule has 0 aromatic heterocycles. The van der Waals surface area contributed by atoms with Crippen LogP contribution in [0.2, 0.25) is 5.02 Å². The molecule has 2 aromatic rings. The quantitative estimate of drug-likeness (QED) is 0.679. The monoisotopic (exact) mass is 348 g/mol. The number of hydrogen-bond donors (Lipinski definition) is 1. The van der Waals surface area contributed by atoms with Gasteiger partial charge in [-0.15, -0.1) is 0 Å². The van der Waals surface area contributed by atoms with Crippen molar-refractivity contribution in [3.8, 4) is 0 Å². The third kappa shape index (κ3) is 3.00. The average Bonchev–Trinajstić information content (AvgIpc) is 2.80. The molecule has 4 nitrogen and oxygen atoms in total. The second-order valence-electron chi connectivity index (χ2n) is 5.11. The van der Waals surface area contributed by atoms with Crippen LogP contribution in [0.3, 0.4) is 0 Å². The van der Waals surface area contributed by atoms with Crippen LogP contribution in [0.1, 0.15) is 11.1 Å². The molecule has 24 heavy (non-hydrogen) atoms. The third-order valence-electron chi connectivity index (χ3n) is 3.54. The van der Waals surface area contributed by atoms with Crippen molar-refractivity contribution in [2.45, 2.75) is 6.54 Å². The van der Waals surface area contributed by atoms with Crippen LogP contribution in [0.4, 0.5) is 13.6 Å². The molecule has 0 atom stereocenters. The van der Waals surface area contributed by atoms with Crippen molar-refractivity contribution < 1.29 is 18.4 Å². The van der Waals surface area contributed by atoms with Gasteiger partial charge in [0.15, 0.2) is 0 Å². The molecule has 1 aliphatic rings. The first-order valence-electron chi connectivity index (χ1n) is 6.99. The van der Waals surface area contributed by atoms with E-state index in [2.05, 4.69) is 5.32 Å². The fourth-order valence-corrected chi connectivity index (χ4v) is 2.52. The van der Waals surface area contributed by atoms with Gasteiger partial charge in [-0.1, -0.05) is 35.9 Å². The second kappa shape index (κ2) is 6.41. The molecule has 2 aromatic carbocycles. The topological polar surface area (TPSA) is 49.4 Å². The van der Waals surface area contributed by atoms with Gasteiger partial charge in [0, 0.05) is 11.1 Å². The molecule has 1 N–H and O–H groups in total. The summed E-state index contributed by atoms with van der Waals surface area (Å²) in [6.45, 7) is -0.223. The number of amides is 3. The van der Waals surface area contributed by atoms with E-state index in [0.717, 1.165) is 4.90 Å². The lowest BCUT2D eigenvalue weighted by molar-refractivity contribution is -0.123. The summed E-state index contributed by atoms with van der Waals surface area (Å²) in [7, 11) is 0. The van der Waals surface area contributed by atoms with E-state index in [1.165, 1.54) is 42.5 Å². The summed E-state index contributed by atoms with van der Waals surface area (Å²) in [5, 5.41) is 2.46. The highest BCUT2D eigenvalue weighted by molar-refractivity contribution is 6.32. The number of imide groups is 1. The van der Waals surface area contributed by atoms with Crippen LogP contribution in [-0.2, 0) is 11.3 Å². The van der Waals surface area contributed by atoms with Gasteiger partial charge in [-0.3, -0.25) is 9.69 Å². The number of halogens is 3. The first-order valence-corrected chi connectivity index (χ1v) is 7.37. The Morgan fingerprint density at radius 2 is 1.75 bits per heavy atom. The zero-order valence-corrected chi connectivity index (χ0v) is 13.0. The van der Waals surface area contributed by atoms with Crippen molar-refractivity contribution >= 4 is 29.6 Å². The summed E-state index contributed by atoms with van der Waals surface area (Å²) >= 11 is 5.91. The molecule has 0 bridgehead atoms. The van der Waals surface area contributed by atoms with E-state index >= 15 is 0 Å². The smallest absolute Gasteiger partial charge is 0.303 e. The molecule has 1 aliphatic heterocycles. The lowest BCUT2D eigenvalue weighted by Crippen LogP contribution is -2.30. The normalized spacial score (nSPS) is 16.0. The first-order chi connectivity index (χ1) is 11.5. The van der Waals surface area contributed by atoms with Gasteiger partial charge in [-0.2, -0.15) is 0 Å². The van der Waals surface area contributed by atoms with Gasteiger partial charge >= 0.3 is 6.03 Å². The minimum absolute atomic E-state index is 0.00411. The minimum Gasteiger partial charge on any atom is -0.303 e. The van der Waals surface area contributed by atoms with Crippen molar-refractivity contribution in [1.82, 2.24) is 10.2 Å². The molecule has 0 unspecified atom stereocenters. The second-order valence-corrected chi connectivity index (χ2v) is 5.51. The van der Waals surface area contributed by atoms with Gasteiger partial charge in [-0.25, -0.2) is 13.6 Å². The van der Waals surface area contributed by atoms with Crippen molar-refractivity contribution in [3.05, 3.63) is 75.9 Å². The van der Waals surface area contributed by atoms with Crippen molar-refractivity contribution in [2.75, 3.05) is 0 Å². The van der Waals surface area contributed by atoms with E-state index in [1.807, 2.05) is 0 Å². The van der Waals surface area contributed by atoms with E-state index < -0.39 is 23.6 Å². The molecule has 0 spiro atoms. The Kier molecular flexibility index (Phi) is 4.31. The van der Waals surface area contributed by atoms with Crippen LogP contribution in [0, 0.1) is 11.6 Å². The Hall–Kier alpha value is -2.73. The molecule has 3 rings (SSSR count). The predicted octanol–water partition coefficient (Wildman–Crippen LogP) is 3.71. The number of carbonyl (C=O) groups is 2. The van der Waals surface area contributed by atoms with E-state index in [1.54, 1.807) is 6.07 Å². The largest absolute Gasteiger partial charge is 0.329 e. The zero-order valence-electron chi connectivity index (χ0n) is 12.2. The molecule has 1 saturated heterocycles. The molecule has 0 saturated carbocycles. The minimum atomic E-state index is -0.707. The van der Waals surface area contributed by atoms with E-state index in [-0.39, 0.29) is 28.4 Å². The van der Waals surface area contributed by atoms with Crippen LogP contribution in [0.15, 0.2) is 48.2 Å². The summed E-state index contributed by atoms with van der Waals surface area (Å²) in [6.07, 6.45) is 1.17. The van der Waals surface area contributed by atoms with Gasteiger partial charge in [0.25, 0.3) is 5.91 Å². The molecule has 3 amide bonds. The number of hydrogen-bond acceptors (Lipinski definition) is 2. The number of nitrogens with one attached hydrogen (secondary N) is 1. The Morgan fingerprint density at radius 3 is 2.46 bits per heavy atom. The molecular weight excluding hydrogens is 338 g/mol. The number of carbonyl (C=O) groups excluding carboxylic acids is 2. The highest BCUT2D eigenvalue weighted by Crippen LogP contribution is 2.24. The lowest BCUT2D eigenvalue weighted by Gasteiger charge is -2.12. The van der Waals surface area contributed by atoms with Gasteiger partial charge in [-0.05, 0) is 24.3 Å². The van der Waals surface area contributed by atoms with Crippen LogP contribution in [0.25, 0.3) is 6.08 Å². The first kappa shape index (κ1) is 16.1. The van der Waals surface area contributed by atoms with Crippen LogP contribution < -0.4 is 5.32 Å². The predicted molar refractivity (Wildman–Crippen MR) is 84.9 cm³/mol. The van der Waals surface area contributed by atoms with E-state index in [0.29, 0.717) is 0 Å². The van der Waals surface area contributed by atoms with Crippen LogP contribution in [-0.4, -0.2) is 16.8 Å². The van der Waals surface area contributed by atoms with E-state index in [4.69, 9.17) is 11.6 Å². The summed E-state index contributed by atoms with van der Waals surface area (Å²) in [5.41, 5.74) is 0.0741. The maximum atomic E-state index is 13.8. The number of urea groups is 1. The summed E-state index contributed by atoms with van der Waals surface area (Å²) < 4.78 is 27.5. The van der Waals surface area contributed by atoms with E-state index in [9.17, 15) is 18.4 Å². The van der Waals surface area contributed by atoms with Gasteiger partial charge in [0.2, 0.25) is 0 Å². The van der Waals surface area contributed by atoms with Gasteiger partial charge in [0.05, 0.1) is 11.6 Å². The van der Waals surface area contributed by atoms with Crippen LogP contribution >= 0.6 is 11.6 Å². The Morgan fingerprint density at radius 1 is 1.04 bits per heavy atom. The highest BCUT2D eigenvalue weighted by Gasteiger charge is 2.34. The van der Waals surface area contributed by atoms with Crippen molar-refractivity contribution in [1.29, 1.82) is 0 Å². The number of nitrogens with zero attached hydrogens (tertiary/aromatic N) is 1. The van der Waals surface area contributed by atoms with Gasteiger partial charge in [0.1, 0.15) is 17.3 Å². The van der Waals surface area contributed by atoms with Crippen molar-refractivity contribution in [3.63, 3.8) is 0 Å². The zero-order chi connectivity index (χ0) is 17.3. The molecule has 7 heteroatoms. The number of rotatable bonds is 3. The molecular formula is C17H11ClF2N2O2. The molecule has 1 heterocycles. The van der Waals surface area contributed by atoms with Gasteiger partial charge < -0.3 is 5.32 Å². The summed E-state index contributed by atoms with van der Waals surface area (Å²) in [6, 6.07) is 9.21. The third-order valence-corrected chi connectivity index (χ3v) is 3.87. The fourth-order valence-electron chi connectivity index (χ4n) is 2.31.